The van der Waals surface area contributed by atoms with Crippen LogP contribution in [0.15, 0.2) is 27.7 Å². The molecule has 2 N–H and O–H groups in total. The molecule has 1 amide bonds. The summed E-state index contributed by atoms with van der Waals surface area (Å²) in [6, 6.07) is 6.16. The Bertz CT molecular complexity index is 549. The Morgan fingerprint density at radius 1 is 1.35 bits per heavy atom. The van der Waals surface area contributed by atoms with Gasteiger partial charge in [-0.15, -0.1) is 0 Å². The van der Waals surface area contributed by atoms with Gasteiger partial charge >= 0.3 is 0 Å². The highest BCUT2D eigenvalue weighted by Crippen LogP contribution is 2.16. The van der Waals surface area contributed by atoms with Crippen molar-refractivity contribution in [1.29, 1.82) is 0 Å². The number of nitrogens with one attached hydrogen (secondary N) is 2. The normalized spacial score (nSPS) is 11.3. The average molecular weight is 401 g/mol. The molecule has 0 fully saturated rings. The van der Waals surface area contributed by atoms with Crippen LogP contribution in [0.1, 0.15) is 11.1 Å². The van der Waals surface area contributed by atoms with E-state index in [4.69, 9.17) is 0 Å². The third-order valence-electron chi connectivity index (χ3n) is 3.22. The maximum absolute atomic E-state index is 11.7. The van der Waals surface area contributed by atoms with Gasteiger partial charge in [-0.05, 0) is 36.4 Å². The number of nitrogens with zero attached hydrogens (tertiary/aromatic N) is 2. The zero-order valence-electron chi connectivity index (χ0n) is 14.1. The van der Waals surface area contributed by atoms with Gasteiger partial charge in [0.2, 0.25) is 5.91 Å². The molecule has 0 atom stereocenters. The van der Waals surface area contributed by atoms with Gasteiger partial charge in [-0.3, -0.25) is 4.79 Å². The summed E-state index contributed by atoms with van der Waals surface area (Å²) in [5.74, 6) is 1.67. The molecule has 0 saturated heterocycles. The second-order valence-corrected chi connectivity index (χ2v) is 7.20. The van der Waals surface area contributed by atoms with E-state index in [-0.39, 0.29) is 12.5 Å². The summed E-state index contributed by atoms with van der Waals surface area (Å²) in [5, 5.41) is 6.34. The first kappa shape index (κ1) is 19.8. The Morgan fingerprint density at radius 3 is 2.70 bits per heavy atom. The number of likely N-dealkylation sites (N-methyl/N-ethyl adjacent to an activating group) is 1. The third-order valence-corrected chi connectivity index (χ3v) is 4.32. The van der Waals surface area contributed by atoms with Crippen molar-refractivity contribution in [3.8, 4) is 0 Å². The van der Waals surface area contributed by atoms with E-state index in [0.29, 0.717) is 12.5 Å². The van der Waals surface area contributed by atoms with Crippen molar-refractivity contribution in [2.45, 2.75) is 13.5 Å². The minimum absolute atomic E-state index is 0.0178. The zero-order chi connectivity index (χ0) is 17.2. The van der Waals surface area contributed by atoms with Crippen LogP contribution < -0.4 is 10.6 Å². The van der Waals surface area contributed by atoms with E-state index in [1.54, 1.807) is 30.8 Å². The monoisotopic (exact) mass is 400 g/mol. The summed E-state index contributed by atoms with van der Waals surface area (Å²) in [6.45, 7) is 3.68. The van der Waals surface area contributed by atoms with Gasteiger partial charge in [0.05, 0.1) is 13.1 Å². The molecule has 128 valence electrons. The second-order valence-electron chi connectivity index (χ2n) is 5.30. The maximum Gasteiger partial charge on any atom is 0.241 e. The molecule has 0 unspecified atom stereocenters. The maximum atomic E-state index is 11.7. The van der Waals surface area contributed by atoms with E-state index in [9.17, 15) is 4.79 Å². The summed E-state index contributed by atoms with van der Waals surface area (Å²) in [7, 11) is 3.49. The number of guanidine groups is 1. The molecule has 0 aliphatic heterocycles. The Labute approximate surface area is 151 Å². The van der Waals surface area contributed by atoms with E-state index in [0.717, 1.165) is 22.3 Å². The fourth-order valence-corrected chi connectivity index (χ4v) is 2.55. The van der Waals surface area contributed by atoms with Crippen LogP contribution in [0.25, 0.3) is 0 Å². The van der Waals surface area contributed by atoms with E-state index in [1.165, 1.54) is 5.56 Å². The van der Waals surface area contributed by atoms with E-state index >= 15 is 0 Å². The lowest BCUT2D eigenvalue weighted by molar-refractivity contribution is -0.127. The summed E-state index contributed by atoms with van der Waals surface area (Å²) >= 11 is 5.23. The first-order valence-electron chi connectivity index (χ1n) is 7.40. The minimum atomic E-state index is 0.0178. The van der Waals surface area contributed by atoms with Crippen LogP contribution in [0.3, 0.4) is 0 Å². The molecular weight excluding hydrogens is 376 g/mol. The van der Waals surface area contributed by atoms with Crippen LogP contribution in [0.2, 0.25) is 0 Å². The van der Waals surface area contributed by atoms with Crippen molar-refractivity contribution in [2.24, 2.45) is 4.99 Å². The van der Waals surface area contributed by atoms with Gasteiger partial charge in [-0.25, -0.2) is 4.99 Å². The number of carbonyl (C=O) groups excluding carboxylic acids is 1. The van der Waals surface area contributed by atoms with E-state index < -0.39 is 0 Å². The molecule has 0 heterocycles. The summed E-state index contributed by atoms with van der Waals surface area (Å²) in [4.78, 5) is 17.9. The number of aryl methyl sites for hydroxylation is 1. The lowest BCUT2D eigenvalue weighted by Crippen LogP contribution is -2.43. The fourth-order valence-electron chi connectivity index (χ4n) is 1.76. The van der Waals surface area contributed by atoms with Crippen LogP contribution in [0, 0.1) is 6.92 Å². The van der Waals surface area contributed by atoms with Crippen molar-refractivity contribution in [2.75, 3.05) is 39.2 Å². The highest BCUT2D eigenvalue weighted by Gasteiger charge is 2.06. The predicted octanol–water partition coefficient (Wildman–Crippen LogP) is 2.24. The number of carbonyl (C=O) groups is 1. The van der Waals surface area contributed by atoms with Crippen LogP contribution in [-0.2, 0) is 11.3 Å². The van der Waals surface area contributed by atoms with Crippen molar-refractivity contribution >= 4 is 39.6 Å². The molecule has 0 radical (unpaired) electrons. The summed E-state index contributed by atoms with van der Waals surface area (Å²) in [6.07, 6.45) is 2.06. The predicted molar refractivity (Wildman–Crippen MR) is 103 cm³/mol. The van der Waals surface area contributed by atoms with E-state index in [1.807, 2.05) is 6.07 Å². The molecular formula is C16H25BrN4OS. The lowest BCUT2D eigenvalue weighted by Gasteiger charge is -2.15. The highest BCUT2D eigenvalue weighted by atomic mass is 79.9. The first-order chi connectivity index (χ1) is 10.9. The molecule has 0 spiro atoms. The highest BCUT2D eigenvalue weighted by molar-refractivity contribution is 9.10. The van der Waals surface area contributed by atoms with Crippen molar-refractivity contribution < 1.29 is 4.79 Å². The summed E-state index contributed by atoms with van der Waals surface area (Å²) in [5.41, 5.74) is 2.36. The molecule has 5 nitrogen and oxygen atoms in total. The van der Waals surface area contributed by atoms with Crippen LogP contribution >= 0.6 is 27.7 Å². The number of hydrogen-bond donors (Lipinski definition) is 2. The number of rotatable bonds is 7. The number of hydrogen-bond acceptors (Lipinski definition) is 3. The third kappa shape index (κ3) is 7.74. The lowest BCUT2D eigenvalue weighted by atomic mass is 10.1. The Kier molecular flexibility index (Phi) is 9.09. The number of thioether (sulfide) groups is 1. The second kappa shape index (κ2) is 10.5. The standard InChI is InChI=1S/C16H25BrN4OS/c1-12-9-14(17)6-5-13(12)10-19-16(18-7-8-23-4)20-11-15(22)21(2)3/h5-6,9H,7-8,10-11H2,1-4H3,(H2,18,19,20). The van der Waals surface area contributed by atoms with Crippen molar-refractivity contribution in [3.05, 3.63) is 33.8 Å². The number of halogens is 1. The smallest absolute Gasteiger partial charge is 0.241 e. The SMILES string of the molecule is CSCCNC(=NCc1ccc(Br)cc1C)NCC(=O)N(C)C. The molecule has 1 aromatic rings. The average Bonchev–Trinajstić information content (AvgIpc) is 2.50. The molecule has 1 rings (SSSR count). The largest absolute Gasteiger partial charge is 0.356 e. The van der Waals surface area contributed by atoms with Gasteiger partial charge in [-0.1, -0.05) is 22.0 Å². The topological polar surface area (TPSA) is 56.7 Å². The van der Waals surface area contributed by atoms with Crippen molar-refractivity contribution in [1.82, 2.24) is 15.5 Å². The van der Waals surface area contributed by atoms with Gasteiger partial charge in [0, 0.05) is 30.9 Å². The van der Waals surface area contributed by atoms with Crippen LogP contribution in [-0.4, -0.2) is 56.0 Å². The Morgan fingerprint density at radius 2 is 2.09 bits per heavy atom. The molecule has 0 aromatic heterocycles. The number of amides is 1. The van der Waals surface area contributed by atoms with Gasteiger partial charge < -0.3 is 15.5 Å². The Hall–Kier alpha value is -1.21. The van der Waals surface area contributed by atoms with Gasteiger partial charge in [0.25, 0.3) is 0 Å². The molecule has 0 aliphatic carbocycles. The molecule has 1 aromatic carbocycles. The zero-order valence-corrected chi connectivity index (χ0v) is 16.6. The Balaban J connectivity index is 2.70. The first-order valence-corrected chi connectivity index (χ1v) is 9.59. The van der Waals surface area contributed by atoms with Gasteiger partial charge in [-0.2, -0.15) is 11.8 Å². The molecule has 7 heteroatoms. The van der Waals surface area contributed by atoms with Crippen LogP contribution in [0.4, 0.5) is 0 Å². The number of aliphatic imine (C=N–C) groups is 1. The van der Waals surface area contributed by atoms with Gasteiger partial charge in [0.1, 0.15) is 0 Å². The molecule has 23 heavy (non-hydrogen) atoms. The number of benzene rings is 1. The van der Waals surface area contributed by atoms with Crippen LogP contribution in [0.5, 0.6) is 0 Å². The molecule has 0 saturated carbocycles. The minimum Gasteiger partial charge on any atom is -0.356 e. The fraction of sp³-hybridized carbons (Fsp3) is 0.500. The molecule has 0 bridgehead atoms. The van der Waals surface area contributed by atoms with Gasteiger partial charge in [0.15, 0.2) is 5.96 Å². The summed E-state index contributed by atoms with van der Waals surface area (Å²) < 4.78 is 1.07. The van der Waals surface area contributed by atoms with Crippen molar-refractivity contribution in [3.63, 3.8) is 0 Å². The quantitative estimate of drug-likeness (QED) is 0.418. The van der Waals surface area contributed by atoms with E-state index in [2.05, 4.69) is 56.9 Å². The molecule has 0 aliphatic rings.